The van der Waals surface area contributed by atoms with Gasteiger partial charge in [0.25, 0.3) is 0 Å². The van der Waals surface area contributed by atoms with Gasteiger partial charge in [0, 0.05) is 0 Å². The molecular weight excluding hydrogens is 120 g/mol. The van der Waals surface area contributed by atoms with E-state index >= 15 is 0 Å². The van der Waals surface area contributed by atoms with Crippen molar-refractivity contribution in [3.63, 3.8) is 0 Å². The Kier molecular flexibility index (Phi) is 3.53. The summed E-state index contributed by atoms with van der Waals surface area (Å²) in [5.74, 6) is 0. The van der Waals surface area contributed by atoms with Crippen LogP contribution in [-0.4, -0.2) is 11.1 Å². The van der Waals surface area contributed by atoms with Crippen molar-refractivity contribution in [1.82, 2.24) is 0 Å². The van der Waals surface area contributed by atoms with Gasteiger partial charge in [-0.1, -0.05) is 0 Å². The first-order valence-corrected chi connectivity index (χ1v) is 1.13. The lowest BCUT2D eigenvalue weighted by atomic mass is 11.6. The van der Waals surface area contributed by atoms with E-state index in [1.165, 1.54) is 0 Å². The average molecular weight is 122 g/mol. The summed E-state index contributed by atoms with van der Waals surface area (Å²) in [6.07, 6.45) is 0. The second-order valence-corrected chi connectivity index (χ2v) is 0.857. The summed E-state index contributed by atoms with van der Waals surface area (Å²) >= 11 is 3.53. The highest BCUT2D eigenvalue weighted by Gasteiger charge is 2.20. The van der Waals surface area contributed by atoms with Gasteiger partial charge in [0.1, 0.15) is 0 Å². The lowest BCUT2D eigenvalue weighted by Gasteiger charge is -1.84. The monoisotopic (exact) mass is 122 g/mol. The quantitative estimate of drug-likeness (QED) is 0.428. The highest BCUT2D eigenvalue weighted by atomic mass is 35.5. The maximum absolute atomic E-state index is 10.1. The molecule has 0 unspecified atom stereocenters. The molecule has 0 aromatic rings. The molecule has 0 bridgehead atoms. The van der Waals surface area contributed by atoms with E-state index in [-0.39, 0.29) is 5.48 Å². The predicted molar refractivity (Wildman–Crippen MR) is 15.5 cm³/mol. The Balaban J connectivity index is 0. The van der Waals surface area contributed by atoms with Gasteiger partial charge in [-0.25, -0.2) is 0 Å². The SMILES string of the molecule is FC(F)(F)Cl.O. The summed E-state index contributed by atoms with van der Waals surface area (Å²) in [7, 11) is 0. The molecular formula is CH2ClF3O. The molecule has 0 aliphatic carbocycles. The van der Waals surface area contributed by atoms with Gasteiger partial charge in [0.15, 0.2) is 0 Å². The number of alkyl halides is 4. The lowest BCUT2D eigenvalue weighted by Crippen LogP contribution is -1.89. The normalized spacial score (nSPS) is 10.0. The van der Waals surface area contributed by atoms with Crippen molar-refractivity contribution < 1.29 is 18.6 Å². The van der Waals surface area contributed by atoms with Crippen LogP contribution in [-0.2, 0) is 0 Å². The molecule has 1 nitrogen and oxygen atoms in total. The van der Waals surface area contributed by atoms with Gasteiger partial charge in [-0.05, 0) is 11.6 Å². The molecule has 40 valence electrons. The van der Waals surface area contributed by atoms with E-state index in [1.54, 1.807) is 0 Å². The molecule has 0 amide bonds. The van der Waals surface area contributed by atoms with Crippen LogP contribution in [0.1, 0.15) is 0 Å². The molecule has 6 heavy (non-hydrogen) atoms. The molecule has 0 fully saturated rings. The highest BCUT2D eigenvalue weighted by molar-refractivity contribution is 6.20. The second-order valence-electron chi connectivity index (χ2n) is 0.429. The molecule has 0 aliphatic heterocycles. The van der Waals surface area contributed by atoms with Crippen molar-refractivity contribution >= 4 is 11.6 Å². The molecule has 0 saturated carbocycles. The van der Waals surface area contributed by atoms with Gasteiger partial charge in [0.2, 0.25) is 0 Å². The maximum atomic E-state index is 10.1. The number of halogens is 4. The van der Waals surface area contributed by atoms with Gasteiger partial charge in [-0.2, -0.15) is 13.2 Å². The summed E-state index contributed by atoms with van der Waals surface area (Å²) < 4.78 is 30.4. The third-order valence-electron chi connectivity index (χ3n) is 0. The first kappa shape index (κ1) is 9.40. The summed E-state index contributed by atoms with van der Waals surface area (Å²) in [6, 6.07) is 0. The molecule has 5 heteroatoms. The Morgan fingerprint density at radius 1 is 1.17 bits per heavy atom. The summed E-state index contributed by atoms with van der Waals surface area (Å²) in [6.45, 7) is 0. The Morgan fingerprint density at radius 2 is 1.17 bits per heavy atom. The topological polar surface area (TPSA) is 31.5 Å². The van der Waals surface area contributed by atoms with Gasteiger partial charge in [-0.3, -0.25) is 0 Å². The average Bonchev–Trinajstić information content (AvgIpc) is 0.722. The minimum Gasteiger partial charge on any atom is -0.412 e. The largest absolute Gasteiger partial charge is 0.475 e. The van der Waals surface area contributed by atoms with Gasteiger partial charge >= 0.3 is 5.64 Å². The summed E-state index contributed by atoms with van der Waals surface area (Å²) in [5, 5.41) is 0. The summed E-state index contributed by atoms with van der Waals surface area (Å²) in [4.78, 5) is 0. The van der Waals surface area contributed by atoms with Crippen LogP contribution in [0.25, 0.3) is 0 Å². The molecule has 0 atom stereocenters. The van der Waals surface area contributed by atoms with Crippen molar-refractivity contribution in [2.24, 2.45) is 0 Å². The maximum Gasteiger partial charge on any atom is 0.475 e. The number of hydrogen-bond donors (Lipinski definition) is 0. The van der Waals surface area contributed by atoms with Gasteiger partial charge in [0.05, 0.1) is 0 Å². The minimum atomic E-state index is -4.53. The third kappa shape index (κ3) is 23300. The zero-order chi connectivity index (χ0) is 4.50. The zero-order valence-electron chi connectivity index (χ0n) is 2.51. The molecule has 0 aliphatic rings. The molecule has 0 rings (SSSR count). The van der Waals surface area contributed by atoms with Crippen LogP contribution in [0, 0.1) is 0 Å². The van der Waals surface area contributed by atoms with E-state index in [2.05, 4.69) is 11.6 Å². The first-order chi connectivity index (χ1) is 2.00. The molecule has 0 saturated heterocycles. The fourth-order valence-electron chi connectivity index (χ4n) is 0. The van der Waals surface area contributed by atoms with Crippen molar-refractivity contribution in [3.8, 4) is 0 Å². The van der Waals surface area contributed by atoms with Crippen LogP contribution < -0.4 is 0 Å². The first-order valence-electron chi connectivity index (χ1n) is 0.756. The Morgan fingerprint density at radius 3 is 1.17 bits per heavy atom. The summed E-state index contributed by atoms with van der Waals surface area (Å²) in [5.41, 5.74) is -4.53. The van der Waals surface area contributed by atoms with Crippen LogP contribution in [0.15, 0.2) is 0 Å². The van der Waals surface area contributed by atoms with Crippen molar-refractivity contribution in [2.45, 2.75) is 5.64 Å². The predicted octanol–water partition coefficient (Wildman–Crippen LogP) is 0.920. The number of rotatable bonds is 0. The van der Waals surface area contributed by atoms with Crippen molar-refractivity contribution in [3.05, 3.63) is 0 Å². The van der Waals surface area contributed by atoms with Crippen LogP contribution in [0.3, 0.4) is 0 Å². The third-order valence-corrected chi connectivity index (χ3v) is 0. The highest BCUT2D eigenvalue weighted by Crippen LogP contribution is 2.18. The fourth-order valence-corrected chi connectivity index (χ4v) is 0. The molecule has 0 aromatic heterocycles. The van der Waals surface area contributed by atoms with E-state index in [0.29, 0.717) is 0 Å². The van der Waals surface area contributed by atoms with Crippen LogP contribution in [0.5, 0.6) is 0 Å². The molecule has 0 radical (unpaired) electrons. The van der Waals surface area contributed by atoms with E-state index in [1.807, 2.05) is 0 Å². The Hall–Kier alpha value is 0.0400. The van der Waals surface area contributed by atoms with Crippen LogP contribution in [0.4, 0.5) is 13.2 Å². The minimum absolute atomic E-state index is 0. The molecule has 0 spiro atoms. The van der Waals surface area contributed by atoms with Crippen molar-refractivity contribution in [1.29, 1.82) is 0 Å². The molecule has 2 N–H and O–H groups in total. The smallest absolute Gasteiger partial charge is 0.412 e. The van der Waals surface area contributed by atoms with Gasteiger partial charge in [-0.15, -0.1) is 0 Å². The van der Waals surface area contributed by atoms with Crippen LogP contribution in [0.2, 0.25) is 0 Å². The fraction of sp³-hybridized carbons (Fsp3) is 1.00. The standard InChI is InChI=1S/CClF3.H2O/c2-1(3,4)5;/h;1H2. The second kappa shape index (κ2) is 2.25. The van der Waals surface area contributed by atoms with E-state index in [4.69, 9.17) is 0 Å². The molecule has 0 heterocycles. The zero-order valence-corrected chi connectivity index (χ0v) is 3.27. The molecule has 0 aromatic carbocycles. The van der Waals surface area contributed by atoms with Crippen molar-refractivity contribution in [2.75, 3.05) is 0 Å². The van der Waals surface area contributed by atoms with E-state index < -0.39 is 5.64 Å². The number of hydrogen-bond acceptors (Lipinski definition) is 0. The van der Waals surface area contributed by atoms with Gasteiger partial charge < -0.3 is 5.48 Å². The van der Waals surface area contributed by atoms with E-state index in [0.717, 1.165) is 0 Å². The Labute approximate surface area is 37.0 Å². The van der Waals surface area contributed by atoms with E-state index in [9.17, 15) is 13.2 Å². The lowest BCUT2D eigenvalue weighted by molar-refractivity contribution is -0.0420. The Bertz CT molecular complexity index is 26.3. The van der Waals surface area contributed by atoms with Crippen LogP contribution >= 0.6 is 11.6 Å².